The molecular weight excluding hydrogens is 274 g/mol. The number of rotatable bonds is 2. The zero-order chi connectivity index (χ0) is 15.7. The maximum absolute atomic E-state index is 12.4. The molecule has 6 nitrogen and oxygen atoms in total. The molecule has 1 N–H and O–H groups in total. The first-order chi connectivity index (χ1) is 9.76. The van der Waals surface area contributed by atoms with E-state index in [4.69, 9.17) is 9.47 Å². The van der Waals surface area contributed by atoms with E-state index in [1.807, 2.05) is 20.8 Å². The number of aliphatic carboxylic acids is 1. The van der Waals surface area contributed by atoms with Crippen LogP contribution in [0.2, 0.25) is 0 Å². The van der Waals surface area contributed by atoms with Gasteiger partial charge in [-0.1, -0.05) is 0 Å². The molecule has 21 heavy (non-hydrogen) atoms. The summed E-state index contributed by atoms with van der Waals surface area (Å²) < 4.78 is 10.7. The van der Waals surface area contributed by atoms with Gasteiger partial charge < -0.3 is 19.5 Å². The number of carboxylic acid groups (broad SMARTS) is 1. The molecule has 2 aliphatic heterocycles. The summed E-state index contributed by atoms with van der Waals surface area (Å²) in [7, 11) is 0. The Morgan fingerprint density at radius 2 is 1.90 bits per heavy atom. The molecule has 0 bridgehead atoms. The van der Waals surface area contributed by atoms with E-state index in [0.29, 0.717) is 39.0 Å². The summed E-state index contributed by atoms with van der Waals surface area (Å²) in [6, 6.07) is -0.297. The Hall–Kier alpha value is -1.30. The summed E-state index contributed by atoms with van der Waals surface area (Å²) in [5, 5.41) is 9.75. The third kappa shape index (κ3) is 3.31. The van der Waals surface area contributed by atoms with Crippen LogP contribution in [0, 0.1) is 5.41 Å². The Kier molecular flexibility index (Phi) is 4.46. The van der Waals surface area contributed by atoms with Crippen molar-refractivity contribution < 1.29 is 24.2 Å². The molecule has 1 amide bonds. The largest absolute Gasteiger partial charge is 0.481 e. The summed E-state index contributed by atoms with van der Waals surface area (Å²) in [5.74, 6) is -0.828. The number of amides is 1. The Morgan fingerprint density at radius 1 is 1.29 bits per heavy atom. The second-order valence-corrected chi connectivity index (χ2v) is 6.91. The fourth-order valence-corrected chi connectivity index (χ4v) is 3.31. The molecule has 2 saturated heterocycles. The van der Waals surface area contributed by atoms with Crippen LogP contribution >= 0.6 is 0 Å². The lowest BCUT2D eigenvalue weighted by atomic mass is 9.73. The van der Waals surface area contributed by atoms with Crippen molar-refractivity contribution in [2.45, 2.75) is 58.1 Å². The number of ether oxygens (including phenoxy) is 2. The summed E-state index contributed by atoms with van der Waals surface area (Å²) in [6.07, 6.45) is 2.03. The Labute approximate surface area is 125 Å². The van der Waals surface area contributed by atoms with Crippen molar-refractivity contribution in [1.29, 1.82) is 0 Å². The predicted molar refractivity (Wildman–Crippen MR) is 76.1 cm³/mol. The average molecular weight is 299 g/mol. The quantitative estimate of drug-likeness (QED) is 0.846. The van der Waals surface area contributed by atoms with Gasteiger partial charge in [0, 0.05) is 19.8 Å². The van der Waals surface area contributed by atoms with E-state index in [9.17, 15) is 14.7 Å². The molecular formula is C15H25NO5. The third-order valence-electron chi connectivity index (χ3n) is 4.33. The van der Waals surface area contributed by atoms with Crippen molar-refractivity contribution in [3.05, 3.63) is 0 Å². The number of hydrogen-bond donors (Lipinski definition) is 1. The van der Waals surface area contributed by atoms with Crippen LogP contribution < -0.4 is 0 Å². The molecule has 0 aromatic carbocycles. The summed E-state index contributed by atoms with van der Waals surface area (Å²) >= 11 is 0. The van der Waals surface area contributed by atoms with Gasteiger partial charge in [-0.15, -0.1) is 0 Å². The molecule has 2 fully saturated rings. The lowest BCUT2D eigenvalue weighted by Gasteiger charge is -2.42. The molecule has 1 unspecified atom stereocenters. The normalized spacial score (nSPS) is 25.7. The minimum absolute atomic E-state index is 0.297. The van der Waals surface area contributed by atoms with Crippen LogP contribution in [0.15, 0.2) is 0 Å². The molecule has 6 heteroatoms. The van der Waals surface area contributed by atoms with E-state index >= 15 is 0 Å². The van der Waals surface area contributed by atoms with Gasteiger partial charge in [-0.2, -0.15) is 0 Å². The van der Waals surface area contributed by atoms with Gasteiger partial charge >= 0.3 is 12.1 Å². The molecule has 0 radical (unpaired) electrons. The molecule has 2 rings (SSSR count). The monoisotopic (exact) mass is 299 g/mol. The number of carbonyl (C=O) groups excluding carboxylic acids is 1. The third-order valence-corrected chi connectivity index (χ3v) is 4.33. The molecule has 2 heterocycles. The van der Waals surface area contributed by atoms with Crippen LogP contribution in [-0.2, 0) is 14.3 Å². The van der Waals surface area contributed by atoms with Gasteiger partial charge in [0.15, 0.2) is 0 Å². The van der Waals surface area contributed by atoms with Crippen molar-refractivity contribution in [2.75, 3.05) is 19.8 Å². The van der Waals surface area contributed by atoms with Crippen LogP contribution in [-0.4, -0.2) is 53.5 Å². The van der Waals surface area contributed by atoms with Crippen molar-refractivity contribution in [3.63, 3.8) is 0 Å². The van der Waals surface area contributed by atoms with Crippen LogP contribution in [0.3, 0.4) is 0 Å². The Morgan fingerprint density at radius 3 is 2.43 bits per heavy atom. The number of carboxylic acids is 1. The molecule has 1 atom stereocenters. The number of likely N-dealkylation sites (tertiary alicyclic amines) is 1. The SMILES string of the molecule is CC(C)(C)OC(=O)N1CCCC1C1(C(=O)O)CCOCC1. The van der Waals surface area contributed by atoms with E-state index < -0.39 is 23.1 Å². The van der Waals surface area contributed by atoms with Gasteiger partial charge in [-0.3, -0.25) is 4.79 Å². The first-order valence-corrected chi connectivity index (χ1v) is 7.57. The number of hydrogen-bond acceptors (Lipinski definition) is 4. The second kappa shape index (κ2) is 5.83. The van der Waals surface area contributed by atoms with Crippen LogP contribution in [0.25, 0.3) is 0 Å². The van der Waals surface area contributed by atoms with Gasteiger partial charge in [-0.05, 0) is 46.5 Å². The van der Waals surface area contributed by atoms with E-state index in [1.165, 1.54) is 0 Å². The molecule has 0 saturated carbocycles. The van der Waals surface area contributed by atoms with Gasteiger partial charge in [0.2, 0.25) is 0 Å². The highest BCUT2D eigenvalue weighted by atomic mass is 16.6. The minimum Gasteiger partial charge on any atom is -0.481 e. The van der Waals surface area contributed by atoms with Crippen LogP contribution in [0.1, 0.15) is 46.5 Å². The van der Waals surface area contributed by atoms with Crippen LogP contribution in [0.5, 0.6) is 0 Å². The van der Waals surface area contributed by atoms with Crippen molar-refractivity contribution >= 4 is 12.1 Å². The molecule has 0 aliphatic carbocycles. The van der Waals surface area contributed by atoms with E-state index in [-0.39, 0.29) is 6.04 Å². The standard InChI is InChI=1S/C15H25NO5/c1-14(2,3)21-13(19)16-8-4-5-11(16)15(12(17)18)6-9-20-10-7-15/h11H,4-10H2,1-3H3,(H,17,18). The van der Waals surface area contributed by atoms with E-state index in [2.05, 4.69) is 0 Å². The van der Waals surface area contributed by atoms with E-state index in [1.54, 1.807) is 4.90 Å². The van der Waals surface area contributed by atoms with Crippen molar-refractivity contribution in [2.24, 2.45) is 5.41 Å². The molecule has 0 aromatic rings. The highest BCUT2D eigenvalue weighted by molar-refractivity contribution is 5.78. The highest BCUT2D eigenvalue weighted by Gasteiger charge is 2.52. The fourth-order valence-electron chi connectivity index (χ4n) is 3.31. The lowest BCUT2D eigenvalue weighted by Crippen LogP contribution is -2.54. The van der Waals surface area contributed by atoms with Gasteiger partial charge in [-0.25, -0.2) is 4.79 Å². The molecule has 0 aromatic heterocycles. The topological polar surface area (TPSA) is 76.1 Å². The van der Waals surface area contributed by atoms with Crippen molar-refractivity contribution in [3.8, 4) is 0 Å². The first kappa shape index (κ1) is 16.1. The number of carbonyl (C=O) groups is 2. The fraction of sp³-hybridized carbons (Fsp3) is 0.867. The zero-order valence-electron chi connectivity index (χ0n) is 13.1. The summed E-state index contributed by atoms with van der Waals surface area (Å²) in [5.41, 5.74) is -1.47. The summed E-state index contributed by atoms with van der Waals surface area (Å²) in [4.78, 5) is 25.9. The average Bonchev–Trinajstić information content (AvgIpc) is 2.87. The molecule has 120 valence electrons. The Balaban J connectivity index is 2.20. The maximum atomic E-state index is 12.4. The smallest absolute Gasteiger partial charge is 0.410 e. The van der Waals surface area contributed by atoms with Gasteiger partial charge in [0.05, 0.1) is 11.5 Å². The van der Waals surface area contributed by atoms with Gasteiger partial charge in [0.1, 0.15) is 5.60 Å². The lowest BCUT2D eigenvalue weighted by molar-refractivity contribution is -0.160. The molecule has 2 aliphatic rings. The maximum Gasteiger partial charge on any atom is 0.410 e. The van der Waals surface area contributed by atoms with Crippen molar-refractivity contribution in [1.82, 2.24) is 4.90 Å². The minimum atomic E-state index is -0.897. The highest BCUT2D eigenvalue weighted by Crippen LogP contribution is 2.42. The van der Waals surface area contributed by atoms with E-state index in [0.717, 1.165) is 6.42 Å². The summed E-state index contributed by atoms with van der Waals surface area (Å²) in [6.45, 7) is 6.89. The first-order valence-electron chi connectivity index (χ1n) is 7.57. The number of nitrogens with zero attached hydrogens (tertiary/aromatic N) is 1. The van der Waals surface area contributed by atoms with Crippen LogP contribution in [0.4, 0.5) is 4.79 Å². The van der Waals surface area contributed by atoms with Gasteiger partial charge in [0.25, 0.3) is 0 Å². The second-order valence-electron chi connectivity index (χ2n) is 6.91. The Bertz CT molecular complexity index is 409. The zero-order valence-corrected chi connectivity index (χ0v) is 13.1. The predicted octanol–water partition coefficient (Wildman–Crippen LogP) is 2.27. The molecule has 0 spiro atoms.